The number of halogens is 4. The van der Waals surface area contributed by atoms with Crippen molar-refractivity contribution >= 4 is 45.9 Å². The number of nitrogens with one attached hydrogen (secondary N) is 1. The number of alkyl halides is 3. The molecule has 1 amide bonds. The lowest BCUT2D eigenvalue weighted by atomic mass is 10.2. The number of amides is 1. The molecule has 1 aromatic heterocycles. The van der Waals surface area contributed by atoms with Gasteiger partial charge in [-0.05, 0) is 37.3 Å². The van der Waals surface area contributed by atoms with Crippen LogP contribution < -0.4 is 10.9 Å². The fourth-order valence-electron chi connectivity index (χ4n) is 3.05. The summed E-state index contributed by atoms with van der Waals surface area (Å²) in [5.74, 6) is -0.790. The van der Waals surface area contributed by atoms with Gasteiger partial charge in [-0.15, -0.1) is 0 Å². The van der Waals surface area contributed by atoms with Gasteiger partial charge in [0.1, 0.15) is 0 Å². The lowest BCUT2D eigenvalue weighted by Gasteiger charge is -2.19. The third-order valence-corrected chi connectivity index (χ3v) is 5.81. The zero-order valence-electron chi connectivity index (χ0n) is 17.1. The van der Waals surface area contributed by atoms with Crippen LogP contribution in [0, 0.1) is 0 Å². The molecule has 1 N–H and O–H groups in total. The van der Waals surface area contributed by atoms with Gasteiger partial charge in [0.2, 0.25) is 5.91 Å². The molecular weight excluding hydrogens is 467 g/mol. The summed E-state index contributed by atoms with van der Waals surface area (Å²) in [7, 11) is 1.51. The molecule has 32 heavy (non-hydrogen) atoms. The number of anilines is 1. The Morgan fingerprint density at radius 2 is 2.00 bits per heavy atom. The van der Waals surface area contributed by atoms with E-state index in [1.807, 2.05) is 0 Å². The smallest absolute Gasteiger partial charge is 0.383 e. The van der Waals surface area contributed by atoms with Gasteiger partial charge in [0.25, 0.3) is 5.56 Å². The Bertz CT molecular complexity index is 1200. The number of thioether (sulfide) groups is 1. The molecule has 170 valence electrons. The Morgan fingerprint density at radius 3 is 2.69 bits per heavy atom. The van der Waals surface area contributed by atoms with E-state index < -0.39 is 17.6 Å². The lowest BCUT2D eigenvalue weighted by molar-refractivity contribution is -0.137. The average Bonchev–Trinajstić information content (AvgIpc) is 2.73. The van der Waals surface area contributed by atoms with Crippen LogP contribution in [0.2, 0.25) is 5.02 Å². The highest BCUT2D eigenvalue weighted by atomic mass is 35.5. The second kappa shape index (κ2) is 9.93. The van der Waals surface area contributed by atoms with Crippen LogP contribution in [0.5, 0.6) is 0 Å². The van der Waals surface area contributed by atoms with Gasteiger partial charge in [-0.25, -0.2) is 4.98 Å². The number of hydrogen-bond acceptors (Lipinski definition) is 5. The van der Waals surface area contributed by atoms with Gasteiger partial charge in [-0.1, -0.05) is 35.5 Å². The molecule has 2 aromatic carbocycles. The minimum Gasteiger partial charge on any atom is -0.383 e. The number of benzene rings is 2. The van der Waals surface area contributed by atoms with E-state index in [1.165, 1.54) is 11.7 Å². The third-order valence-electron chi connectivity index (χ3n) is 4.52. The molecule has 0 aliphatic heterocycles. The predicted molar refractivity (Wildman–Crippen MR) is 118 cm³/mol. The van der Waals surface area contributed by atoms with Gasteiger partial charge in [0.15, 0.2) is 5.16 Å². The molecule has 0 saturated carbocycles. The van der Waals surface area contributed by atoms with Gasteiger partial charge in [-0.3, -0.25) is 14.2 Å². The minimum atomic E-state index is -4.57. The Hall–Kier alpha value is -2.56. The van der Waals surface area contributed by atoms with Crippen molar-refractivity contribution in [3.05, 3.63) is 63.4 Å². The standard InChI is InChI=1S/C21H19ClF3N3O3S/c1-12(10-31-2)28-19(30)14-5-3-4-6-16(14)27-20(28)32-11-18(29)26-17-9-13(21(23,24)25)7-8-15(17)22/h3-9,12H,10-11H2,1-2H3,(H,26,29). The molecule has 1 atom stereocenters. The number of aromatic nitrogens is 2. The molecule has 1 unspecified atom stereocenters. The molecule has 0 spiro atoms. The number of ether oxygens (including phenoxy) is 1. The second-order valence-electron chi connectivity index (χ2n) is 6.92. The van der Waals surface area contributed by atoms with E-state index in [1.54, 1.807) is 31.2 Å². The van der Waals surface area contributed by atoms with Crippen LogP contribution in [0.4, 0.5) is 18.9 Å². The highest BCUT2D eigenvalue weighted by Gasteiger charge is 2.31. The average molecular weight is 486 g/mol. The summed E-state index contributed by atoms with van der Waals surface area (Å²) in [6.45, 7) is 2.04. The maximum Gasteiger partial charge on any atom is 0.416 e. The van der Waals surface area contributed by atoms with Crippen molar-refractivity contribution in [2.45, 2.75) is 24.3 Å². The van der Waals surface area contributed by atoms with E-state index in [0.29, 0.717) is 16.1 Å². The molecule has 3 aromatic rings. The van der Waals surface area contributed by atoms with E-state index in [-0.39, 0.29) is 34.7 Å². The maximum absolute atomic E-state index is 13.0. The largest absolute Gasteiger partial charge is 0.416 e. The number of rotatable bonds is 7. The van der Waals surface area contributed by atoms with Gasteiger partial charge in [0, 0.05) is 7.11 Å². The van der Waals surface area contributed by atoms with E-state index in [4.69, 9.17) is 16.3 Å². The predicted octanol–water partition coefficient (Wildman–Crippen LogP) is 5.01. The number of nitrogens with zero attached hydrogens (tertiary/aromatic N) is 2. The number of fused-ring (bicyclic) bond motifs is 1. The molecule has 3 rings (SSSR count). The monoisotopic (exact) mass is 485 g/mol. The summed E-state index contributed by atoms with van der Waals surface area (Å²) in [6, 6.07) is 9.16. The molecule has 0 bridgehead atoms. The van der Waals surface area contributed by atoms with Crippen LogP contribution in [-0.4, -0.2) is 34.9 Å². The molecule has 6 nitrogen and oxygen atoms in total. The zero-order chi connectivity index (χ0) is 23.5. The second-order valence-corrected chi connectivity index (χ2v) is 8.27. The van der Waals surface area contributed by atoms with E-state index in [9.17, 15) is 22.8 Å². The van der Waals surface area contributed by atoms with Crippen molar-refractivity contribution in [1.82, 2.24) is 9.55 Å². The number of hydrogen-bond donors (Lipinski definition) is 1. The van der Waals surface area contributed by atoms with Crippen molar-refractivity contribution < 1.29 is 22.7 Å². The Morgan fingerprint density at radius 1 is 1.28 bits per heavy atom. The van der Waals surface area contributed by atoms with Crippen molar-refractivity contribution in [3.63, 3.8) is 0 Å². The molecule has 1 heterocycles. The van der Waals surface area contributed by atoms with Gasteiger partial charge in [-0.2, -0.15) is 13.2 Å². The first kappa shape index (κ1) is 24.1. The van der Waals surface area contributed by atoms with E-state index in [2.05, 4.69) is 10.3 Å². The van der Waals surface area contributed by atoms with E-state index >= 15 is 0 Å². The van der Waals surface area contributed by atoms with Gasteiger partial charge >= 0.3 is 6.18 Å². The number of carbonyl (C=O) groups excluding carboxylic acids is 1. The molecule has 0 radical (unpaired) electrons. The van der Waals surface area contributed by atoms with Crippen molar-refractivity contribution in [2.75, 3.05) is 24.8 Å². The Labute approximate surface area is 190 Å². The first-order valence-electron chi connectivity index (χ1n) is 9.41. The van der Waals surface area contributed by atoms with Crippen LogP contribution in [-0.2, 0) is 15.7 Å². The topological polar surface area (TPSA) is 73.2 Å². The van der Waals surface area contributed by atoms with Crippen LogP contribution in [0.1, 0.15) is 18.5 Å². The quantitative estimate of drug-likeness (QED) is 0.376. The maximum atomic E-state index is 13.0. The van der Waals surface area contributed by atoms with Crippen LogP contribution in [0.25, 0.3) is 10.9 Å². The van der Waals surface area contributed by atoms with Crippen LogP contribution in [0.3, 0.4) is 0 Å². The van der Waals surface area contributed by atoms with Crippen molar-refractivity contribution in [2.24, 2.45) is 0 Å². The number of carbonyl (C=O) groups is 1. The summed E-state index contributed by atoms with van der Waals surface area (Å²) in [5, 5.41) is 3.09. The fraction of sp³-hybridized carbons (Fsp3) is 0.286. The van der Waals surface area contributed by atoms with E-state index in [0.717, 1.165) is 30.0 Å². The fourth-order valence-corrected chi connectivity index (χ4v) is 4.11. The van der Waals surface area contributed by atoms with Gasteiger partial charge < -0.3 is 10.1 Å². The zero-order valence-corrected chi connectivity index (χ0v) is 18.6. The number of methoxy groups -OCH3 is 1. The normalized spacial score (nSPS) is 12.7. The van der Waals surface area contributed by atoms with Crippen molar-refractivity contribution in [3.8, 4) is 0 Å². The summed E-state index contributed by atoms with van der Waals surface area (Å²) in [6.07, 6.45) is -4.57. The van der Waals surface area contributed by atoms with Crippen LogP contribution >= 0.6 is 23.4 Å². The Balaban J connectivity index is 1.85. The minimum absolute atomic E-state index is 0.0224. The molecule has 0 saturated heterocycles. The third kappa shape index (κ3) is 5.43. The molecule has 0 fully saturated rings. The summed E-state index contributed by atoms with van der Waals surface area (Å²) >= 11 is 6.93. The first-order valence-corrected chi connectivity index (χ1v) is 10.8. The van der Waals surface area contributed by atoms with Crippen molar-refractivity contribution in [1.29, 1.82) is 0 Å². The highest BCUT2D eigenvalue weighted by Crippen LogP contribution is 2.34. The first-order chi connectivity index (χ1) is 15.1. The SMILES string of the molecule is COCC(C)n1c(SCC(=O)Nc2cc(C(F)(F)F)ccc2Cl)nc2ccccc2c1=O. The molecular formula is C21H19ClF3N3O3S. The molecule has 11 heteroatoms. The van der Waals surface area contributed by atoms with Gasteiger partial charge in [0.05, 0.1) is 45.6 Å². The molecule has 0 aliphatic rings. The summed E-state index contributed by atoms with van der Waals surface area (Å²) in [5.41, 5.74) is -0.877. The van der Waals surface area contributed by atoms with Crippen LogP contribution in [0.15, 0.2) is 52.4 Å². The Kier molecular flexibility index (Phi) is 7.47. The summed E-state index contributed by atoms with van der Waals surface area (Å²) in [4.78, 5) is 29.9. The lowest BCUT2D eigenvalue weighted by Crippen LogP contribution is -2.29. The highest BCUT2D eigenvalue weighted by molar-refractivity contribution is 7.99. The number of para-hydroxylation sites is 1. The summed E-state index contributed by atoms with van der Waals surface area (Å²) < 4.78 is 45.4. The molecule has 0 aliphatic carbocycles.